The summed E-state index contributed by atoms with van der Waals surface area (Å²) in [5.41, 5.74) is 1.64. The van der Waals surface area contributed by atoms with Crippen LogP contribution >= 0.6 is 0 Å². The minimum atomic E-state index is -0.437. The van der Waals surface area contributed by atoms with Gasteiger partial charge in [-0.1, -0.05) is 0 Å². The van der Waals surface area contributed by atoms with Crippen LogP contribution in [0, 0.1) is 21.4 Å². The van der Waals surface area contributed by atoms with Crippen LogP contribution in [-0.4, -0.2) is 9.91 Å². The van der Waals surface area contributed by atoms with Crippen molar-refractivity contribution in [2.24, 2.45) is 0 Å². The van der Waals surface area contributed by atoms with Crippen molar-refractivity contribution < 1.29 is 4.92 Å². The summed E-state index contributed by atoms with van der Waals surface area (Å²) in [6.45, 7) is 1.77. The number of nitro groups is 1. The van der Waals surface area contributed by atoms with Crippen molar-refractivity contribution >= 4 is 16.6 Å². The maximum Gasteiger partial charge on any atom is 0.270 e. The van der Waals surface area contributed by atoms with Crippen LogP contribution in [0.1, 0.15) is 18.4 Å². The van der Waals surface area contributed by atoms with Crippen LogP contribution in [-0.2, 0) is 0 Å². The molecule has 80 valence electrons. The number of fused-ring (bicyclic) bond motifs is 1. The quantitative estimate of drug-likeness (QED) is 0.617. The highest BCUT2D eigenvalue weighted by atomic mass is 16.6. The number of aromatic nitrogens is 1. The smallest absolute Gasteiger partial charge is 0.270 e. The first-order valence-corrected chi connectivity index (χ1v) is 4.78. The Morgan fingerprint density at radius 3 is 2.94 bits per heavy atom. The molecule has 1 heterocycles. The second-order valence-corrected chi connectivity index (χ2v) is 3.58. The van der Waals surface area contributed by atoms with E-state index < -0.39 is 4.92 Å². The number of nitriles is 1. The van der Waals surface area contributed by atoms with Gasteiger partial charge in [-0.05, 0) is 18.6 Å². The Morgan fingerprint density at radius 1 is 1.56 bits per heavy atom. The molecule has 1 aromatic carbocycles. The molecular formula is C11H9N3O2. The van der Waals surface area contributed by atoms with Gasteiger partial charge in [-0.3, -0.25) is 10.1 Å². The van der Waals surface area contributed by atoms with Gasteiger partial charge in [0.2, 0.25) is 0 Å². The highest BCUT2D eigenvalue weighted by Crippen LogP contribution is 2.28. The monoisotopic (exact) mass is 215 g/mol. The van der Waals surface area contributed by atoms with Crippen LogP contribution in [0.4, 0.5) is 5.69 Å². The molecule has 0 spiro atoms. The van der Waals surface area contributed by atoms with Crippen molar-refractivity contribution in [3.8, 4) is 6.07 Å². The van der Waals surface area contributed by atoms with E-state index in [9.17, 15) is 10.1 Å². The van der Waals surface area contributed by atoms with E-state index in [0.29, 0.717) is 0 Å². The second kappa shape index (κ2) is 3.66. The maximum atomic E-state index is 10.6. The van der Waals surface area contributed by atoms with E-state index in [1.807, 2.05) is 0 Å². The molecule has 0 aliphatic rings. The lowest BCUT2D eigenvalue weighted by atomic mass is 10.0. The molecule has 2 rings (SSSR count). The number of nitro benzene ring substituents is 1. The first kappa shape index (κ1) is 10.2. The van der Waals surface area contributed by atoms with Gasteiger partial charge in [-0.15, -0.1) is 0 Å². The molecule has 1 aromatic heterocycles. The van der Waals surface area contributed by atoms with E-state index in [0.717, 1.165) is 16.5 Å². The lowest BCUT2D eigenvalue weighted by Crippen LogP contribution is -1.89. The molecule has 0 bridgehead atoms. The SMILES string of the molecule is CC(C#N)c1c[nH]c2ccc([N+](=O)[O-])cc12. The largest absolute Gasteiger partial charge is 0.361 e. The van der Waals surface area contributed by atoms with Crippen LogP contribution < -0.4 is 0 Å². The number of aromatic amines is 1. The number of benzene rings is 1. The number of rotatable bonds is 2. The average Bonchev–Trinajstić information content (AvgIpc) is 2.70. The second-order valence-electron chi connectivity index (χ2n) is 3.58. The van der Waals surface area contributed by atoms with Gasteiger partial charge >= 0.3 is 0 Å². The number of hydrogen-bond donors (Lipinski definition) is 1. The molecule has 0 saturated carbocycles. The highest BCUT2D eigenvalue weighted by Gasteiger charge is 2.13. The van der Waals surface area contributed by atoms with Gasteiger partial charge < -0.3 is 4.98 Å². The number of nitrogens with zero attached hydrogens (tertiary/aromatic N) is 2. The average molecular weight is 215 g/mol. The zero-order chi connectivity index (χ0) is 11.7. The number of non-ortho nitro benzene ring substituents is 1. The number of nitrogens with one attached hydrogen (secondary N) is 1. The molecule has 5 nitrogen and oxygen atoms in total. The molecule has 0 amide bonds. The van der Waals surface area contributed by atoms with Crippen LogP contribution in [0.15, 0.2) is 24.4 Å². The molecular weight excluding hydrogens is 206 g/mol. The molecule has 1 atom stereocenters. The summed E-state index contributed by atoms with van der Waals surface area (Å²) in [7, 11) is 0. The number of hydrogen-bond acceptors (Lipinski definition) is 3. The maximum absolute atomic E-state index is 10.6. The van der Waals surface area contributed by atoms with Crippen molar-refractivity contribution in [3.63, 3.8) is 0 Å². The van der Waals surface area contributed by atoms with Gasteiger partial charge in [0.05, 0.1) is 16.9 Å². The molecule has 0 saturated heterocycles. The van der Waals surface area contributed by atoms with Crippen molar-refractivity contribution in [3.05, 3.63) is 40.1 Å². The first-order valence-electron chi connectivity index (χ1n) is 4.78. The fourth-order valence-corrected chi connectivity index (χ4v) is 1.67. The predicted octanol–water partition coefficient (Wildman–Crippen LogP) is 2.70. The molecule has 0 aliphatic carbocycles. The highest BCUT2D eigenvalue weighted by molar-refractivity contribution is 5.86. The lowest BCUT2D eigenvalue weighted by Gasteiger charge is -1.99. The van der Waals surface area contributed by atoms with E-state index in [1.54, 1.807) is 19.2 Å². The fraction of sp³-hybridized carbons (Fsp3) is 0.182. The topological polar surface area (TPSA) is 82.7 Å². The van der Waals surface area contributed by atoms with Gasteiger partial charge in [0, 0.05) is 29.2 Å². The summed E-state index contributed by atoms with van der Waals surface area (Å²) in [6, 6.07) is 6.71. The Balaban J connectivity index is 2.65. The summed E-state index contributed by atoms with van der Waals surface area (Å²) in [5.74, 6) is -0.282. The molecule has 1 unspecified atom stereocenters. The van der Waals surface area contributed by atoms with Crippen LogP contribution in [0.3, 0.4) is 0 Å². The third kappa shape index (κ3) is 1.50. The minimum absolute atomic E-state index is 0.0403. The lowest BCUT2D eigenvalue weighted by molar-refractivity contribution is -0.384. The Hall–Kier alpha value is -2.35. The molecule has 0 radical (unpaired) electrons. The molecule has 2 aromatic rings. The van der Waals surface area contributed by atoms with Crippen LogP contribution in [0.2, 0.25) is 0 Å². The summed E-state index contributed by atoms with van der Waals surface area (Å²) in [4.78, 5) is 13.2. The third-order valence-corrected chi connectivity index (χ3v) is 2.57. The molecule has 5 heteroatoms. The van der Waals surface area contributed by atoms with E-state index >= 15 is 0 Å². The summed E-state index contributed by atoms with van der Waals surface area (Å²) in [5, 5.41) is 20.2. The van der Waals surface area contributed by atoms with Gasteiger partial charge in [0.25, 0.3) is 5.69 Å². The third-order valence-electron chi connectivity index (χ3n) is 2.57. The Bertz CT molecular complexity index is 595. The van der Waals surface area contributed by atoms with Gasteiger partial charge in [-0.2, -0.15) is 5.26 Å². The van der Waals surface area contributed by atoms with Crippen molar-refractivity contribution in [2.45, 2.75) is 12.8 Å². The molecule has 1 N–H and O–H groups in total. The Morgan fingerprint density at radius 2 is 2.31 bits per heavy atom. The van der Waals surface area contributed by atoms with Crippen LogP contribution in [0.25, 0.3) is 10.9 Å². The first-order chi connectivity index (χ1) is 7.63. The normalized spacial score (nSPS) is 12.2. The number of H-pyrrole nitrogens is 1. The minimum Gasteiger partial charge on any atom is -0.361 e. The Labute approximate surface area is 91.5 Å². The molecule has 0 aliphatic heterocycles. The summed E-state index contributed by atoms with van der Waals surface area (Å²) in [6.07, 6.45) is 1.72. The van der Waals surface area contributed by atoms with Crippen molar-refractivity contribution in [2.75, 3.05) is 0 Å². The summed E-state index contributed by atoms with van der Waals surface area (Å²) >= 11 is 0. The standard InChI is InChI=1S/C11H9N3O2/c1-7(5-12)10-6-13-11-3-2-8(14(15)16)4-9(10)11/h2-4,6-7,13H,1H3. The van der Waals surface area contributed by atoms with Gasteiger partial charge in [0.1, 0.15) is 0 Å². The zero-order valence-electron chi connectivity index (χ0n) is 8.60. The van der Waals surface area contributed by atoms with E-state index in [-0.39, 0.29) is 11.6 Å². The van der Waals surface area contributed by atoms with Gasteiger partial charge in [-0.25, -0.2) is 0 Å². The fourth-order valence-electron chi connectivity index (χ4n) is 1.67. The van der Waals surface area contributed by atoms with Crippen molar-refractivity contribution in [1.82, 2.24) is 4.98 Å². The molecule has 16 heavy (non-hydrogen) atoms. The van der Waals surface area contributed by atoms with Gasteiger partial charge in [0.15, 0.2) is 0 Å². The van der Waals surface area contributed by atoms with Crippen LogP contribution in [0.5, 0.6) is 0 Å². The van der Waals surface area contributed by atoms with E-state index in [4.69, 9.17) is 5.26 Å². The molecule has 0 fully saturated rings. The van der Waals surface area contributed by atoms with E-state index in [2.05, 4.69) is 11.1 Å². The zero-order valence-corrected chi connectivity index (χ0v) is 8.60. The predicted molar refractivity (Wildman–Crippen MR) is 59.0 cm³/mol. The van der Waals surface area contributed by atoms with E-state index in [1.165, 1.54) is 12.1 Å². The van der Waals surface area contributed by atoms with Crippen molar-refractivity contribution in [1.29, 1.82) is 5.26 Å². The summed E-state index contributed by atoms with van der Waals surface area (Å²) < 4.78 is 0. The Kier molecular flexibility index (Phi) is 2.33.